The van der Waals surface area contributed by atoms with Gasteiger partial charge in [-0.05, 0) is 38.3 Å². The summed E-state index contributed by atoms with van der Waals surface area (Å²) < 4.78 is 16.9. The molecule has 0 spiro atoms. The Labute approximate surface area is 210 Å². The van der Waals surface area contributed by atoms with Gasteiger partial charge in [0.05, 0.1) is 37.9 Å². The van der Waals surface area contributed by atoms with E-state index in [1.807, 2.05) is 31.0 Å². The predicted octanol–water partition coefficient (Wildman–Crippen LogP) is 3.35. The number of fused-ring (bicyclic) bond motifs is 1. The minimum absolute atomic E-state index is 0.0205. The van der Waals surface area contributed by atoms with Gasteiger partial charge in [0, 0.05) is 50.7 Å². The van der Waals surface area contributed by atoms with Crippen molar-refractivity contribution in [2.75, 3.05) is 58.4 Å². The molecule has 3 aromatic rings. The normalized spacial score (nSPS) is 17.4. The van der Waals surface area contributed by atoms with Gasteiger partial charge in [0.2, 0.25) is 0 Å². The minimum atomic E-state index is -0.0205. The Bertz CT molecular complexity index is 1210. The number of hydrogen-bond donors (Lipinski definition) is 2. The fourth-order valence-corrected chi connectivity index (χ4v) is 5.08. The largest absolute Gasteiger partial charge is 0.493 e. The third kappa shape index (κ3) is 4.96. The average molecular weight is 495 g/mol. The smallest absolute Gasteiger partial charge is 0.255 e. The van der Waals surface area contributed by atoms with Crippen LogP contribution in [0.15, 0.2) is 24.5 Å². The number of piperidine rings is 1. The van der Waals surface area contributed by atoms with Crippen LogP contribution >= 0.6 is 0 Å². The van der Waals surface area contributed by atoms with Gasteiger partial charge in [0.1, 0.15) is 17.2 Å². The predicted molar refractivity (Wildman–Crippen MR) is 137 cm³/mol. The Morgan fingerprint density at radius 2 is 1.97 bits per heavy atom. The maximum Gasteiger partial charge on any atom is 0.255 e. The van der Waals surface area contributed by atoms with E-state index in [1.165, 1.54) is 0 Å². The number of methoxy groups -OCH3 is 1. The number of carbonyl (C=O) groups is 1. The molecule has 2 fully saturated rings. The number of rotatable bonds is 7. The van der Waals surface area contributed by atoms with Gasteiger partial charge in [-0.25, -0.2) is 9.97 Å². The second-order valence-corrected chi connectivity index (χ2v) is 9.21. The molecule has 0 aliphatic carbocycles. The monoisotopic (exact) mass is 494 g/mol. The maximum atomic E-state index is 13.2. The van der Waals surface area contributed by atoms with Crippen LogP contribution < -0.4 is 14.8 Å². The van der Waals surface area contributed by atoms with Gasteiger partial charge in [-0.3, -0.25) is 9.69 Å². The SMILES string of the molecule is CCOc1cc(Nc2ncc(C(=O)N3CCC(N4CCOCC4)CC3)cc2OC)nc2[nH]cc(C)c12. The molecule has 0 bridgehead atoms. The molecule has 0 radical (unpaired) electrons. The lowest BCUT2D eigenvalue weighted by molar-refractivity contribution is 0.00158. The first-order valence-corrected chi connectivity index (χ1v) is 12.6. The van der Waals surface area contributed by atoms with Crippen molar-refractivity contribution in [2.45, 2.75) is 32.7 Å². The van der Waals surface area contributed by atoms with Crippen LogP contribution in [0.4, 0.5) is 11.6 Å². The molecule has 2 aliphatic heterocycles. The van der Waals surface area contributed by atoms with E-state index in [1.54, 1.807) is 19.4 Å². The molecule has 0 saturated carbocycles. The fourth-order valence-electron chi connectivity index (χ4n) is 5.08. The number of aryl methyl sites for hydroxylation is 1. The van der Waals surface area contributed by atoms with Crippen LogP contribution in [0.3, 0.4) is 0 Å². The Morgan fingerprint density at radius 1 is 1.19 bits per heavy atom. The molecule has 2 N–H and O–H groups in total. The van der Waals surface area contributed by atoms with E-state index in [0.717, 1.165) is 74.6 Å². The van der Waals surface area contributed by atoms with Crippen LogP contribution in [-0.4, -0.2) is 89.8 Å². The summed E-state index contributed by atoms with van der Waals surface area (Å²) in [5.74, 6) is 2.26. The van der Waals surface area contributed by atoms with Crippen molar-refractivity contribution in [3.8, 4) is 11.5 Å². The zero-order valence-electron chi connectivity index (χ0n) is 21.2. The summed E-state index contributed by atoms with van der Waals surface area (Å²) in [5, 5.41) is 4.18. The highest BCUT2D eigenvalue weighted by molar-refractivity contribution is 5.95. The van der Waals surface area contributed by atoms with Gasteiger partial charge in [0.25, 0.3) is 5.91 Å². The Balaban J connectivity index is 1.29. The van der Waals surface area contributed by atoms with E-state index in [2.05, 4.69) is 25.2 Å². The van der Waals surface area contributed by atoms with Gasteiger partial charge < -0.3 is 29.4 Å². The van der Waals surface area contributed by atoms with Crippen LogP contribution in [0, 0.1) is 6.92 Å². The fraction of sp³-hybridized carbons (Fsp3) is 0.500. The third-order valence-electron chi connectivity index (χ3n) is 6.98. The van der Waals surface area contributed by atoms with Crippen LogP contribution in [0.5, 0.6) is 11.5 Å². The summed E-state index contributed by atoms with van der Waals surface area (Å²) in [5.41, 5.74) is 2.31. The summed E-state index contributed by atoms with van der Waals surface area (Å²) >= 11 is 0. The molecule has 2 aliphatic rings. The van der Waals surface area contributed by atoms with Crippen molar-refractivity contribution in [1.82, 2.24) is 24.8 Å². The number of H-pyrrole nitrogens is 1. The number of nitrogens with one attached hydrogen (secondary N) is 2. The van der Waals surface area contributed by atoms with E-state index in [4.69, 9.17) is 14.2 Å². The lowest BCUT2D eigenvalue weighted by Crippen LogP contribution is -2.50. The van der Waals surface area contributed by atoms with E-state index >= 15 is 0 Å². The molecular weight excluding hydrogens is 460 g/mol. The number of morpholine rings is 1. The summed E-state index contributed by atoms with van der Waals surface area (Å²) in [6, 6.07) is 4.12. The first-order chi connectivity index (χ1) is 17.6. The molecule has 0 unspecified atom stereocenters. The number of carbonyl (C=O) groups excluding carboxylic acids is 1. The lowest BCUT2D eigenvalue weighted by atomic mass is 10.0. The number of nitrogens with zero attached hydrogens (tertiary/aromatic N) is 4. The zero-order chi connectivity index (χ0) is 25.1. The summed E-state index contributed by atoms with van der Waals surface area (Å²) in [4.78, 5) is 30.0. The number of aromatic nitrogens is 3. The van der Waals surface area contributed by atoms with Gasteiger partial charge in [-0.1, -0.05) is 0 Å². The van der Waals surface area contributed by atoms with Crippen LogP contribution in [0.2, 0.25) is 0 Å². The topological polar surface area (TPSA) is 105 Å². The average Bonchev–Trinajstić information content (AvgIpc) is 3.30. The second kappa shape index (κ2) is 10.7. The first-order valence-electron chi connectivity index (χ1n) is 12.6. The molecule has 0 atom stereocenters. The molecule has 3 aromatic heterocycles. The first kappa shape index (κ1) is 24.3. The molecule has 10 heteroatoms. The highest BCUT2D eigenvalue weighted by Crippen LogP contribution is 2.33. The van der Waals surface area contributed by atoms with Crippen LogP contribution in [0.25, 0.3) is 11.0 Å². The van der Waals surface area contributed by atoms with Crippen LogP contribution in [0.1, 0.15) is 35.7 Å². The van der Waals surface area contributed by atoms with Gasteiger partial charge in [-0.2, -0.15) is 0 Å². The molecule has 5 rings (SSSR count). The number of amides is 1. The van der Waals surface area contributed by atoms with E-state index in [-0.39, 0.29) is 5.91 Å². The molecule has 5 heterocycles. The molecule has 192 valence electrons. The van der Waals surface area contributed by atoms with Crippen molar-refractivity contribution >= 4 is 28.6 Å². The lowest BCUT2D eigenvalue weighted by Gasteiger charge is -2.40. The van der Waals surface area contributed by atoms with Gasteiger partial charge >= 0.3 is 0 Å². The van der Waals surface area contributed by atoms with Gasteiger partial charge in [0.15, 0.2) is 11.6 Å². The van der Waals surface area contributed by atoms with Crippen molar-refractivity contribution < 1.29 is 19.0 Å². The van der Waals surface area contributed by atoms with Gasteiger partial charge in [-0.15, -0.1) is 0 Å². The third-order valence-corrected chi connectivity index (χ3v) is 6.98. The quantitative estimate of drug-likeness (QED) is 0.515. The second-order valence-electron chi connectivity index (χ2n) is 9.21. The number of likely N-dealkylation sites (tertiary alicyclic amines) is 1. The number of aromatic amines is 1. The summed E-state index contributed by atoms with van der Waals surface area (Å²) in [7, 11) is 1.57. The minimum Gasteiger partial charge on any atom is -0.493 e. The Hall–Kier alpha value is -3.37. The molecular formula is C26H34N6O4. The molecule has 1 amide bonds. The highest BCUT2D eigenvalue weighted by atomic mass is 16.5. The summed E-state index contributed by atoms with van der Waals surface area (Å²) in [6.07, 6.45) is 5.46. The Morgan fingerprint density at radius 3 is 2.69 bits per heavy atom. The standard InChI is InChI=1S/C26H34N6O4/c1-4-36-20-14-22(30-25-23(20)17(2)15-27-25)29-24-21(34-3)13-18(16-28-24)26(33)32-7-5-19(6-8-32)31-9-11-35-12-10-31/h13-16,19H,4-12H2,1-3H3,(H2,27,28,29,30). The van der Waals surface area contributed by atoms with Crippen molar-refractivity contribution in [3.05, 3.63) is 35.7 Å². The molecule has 36 heavy (non-hydrogen) atoms. The van der Waals surface area contributed by atoms with E-state index in [9.17, 15) is 4.79 Å². The Kier molecular flexibility index (Phi) is 7.24. The molecule has 0 aromatic carbocycles. The number of anilines is 2. The number of pyridine rings is 2. The number of hydrogen-bond acceptors (Lipinski definition) is 8. The van der Waals surface area contributed by atoms with Crippen LogP contribution in [-0.2, 0) is 4.74 Å². The number of ether oxygens (including phenoxy) is 3. The van der Waals surface area contributed by atoms with E-state index in [0.29, 0.717) is 35.6 Å². The summed E-state index contributed by atoms with van der Waals surface area (Å²) in [6.45, 7) is 9.54. The maximum absolute atomic E-state index is 13.2. The molecule has 10 nitrogen and oxygen atoms in total. The van der Waals surface area contributed by atoms with Crippen molar-refractivity contribution in [3.63, 3.8) is 0 Å². The van der Waals surface area contributed by atoms with Crippen molar-refractivity contribution in [2.24, 2.45) is 0 Å². The van der Waals surface area contributed by atoms with E-state index < -0.39 is 0 Å². The highest BCUT2D eigenvalue weighted by Gasteiger charge is 2.28. The zero-order valence-corrected chi connectivity index (χ0v) is 21.2. The van der Waals surface area contributed by atoms with Crippen molar-refractivity contribution in [1.29, 1.82) is 0 Å². The molecule has 2 saturated heterocycles.